The molecule has 0 aromatic carbocycles. The minimum absolute atomic E-state index is 0.0256. The van der Waals surface area contributed by atoms with E-state index in [0.717, 1.165) is 56.7 Å². The van der Waals surface area contributed by atoms with Gasteiger partial charge in [-0.3, -0.25) is 0 Å². The van der Waals surface area contributed by atoms with Crippen LogP contribution in [-0.4, -0.2) is 42.0 Å². The molecular weight excluding hydrogens is 438 g/mol. The van der Waals surface area contributed by atoms with Gasteiger partial charge >= 0.3 is 6.09 Å². The lowest BCUT2D eigenvalue weighted by Gasteiger charge is -2.40. The van der Waals surface area contributed by atoms with Crippen LogP contribution in [0.4, 0.5) is 4.79 Å². The molecule has 182 valence electrons. The summed E-state index contributed by atoms with van der Waals surface area (Å²) in [7, 11) is -3.00. The van der Waals surface area contributed by atoms with Gasteiger partial charge in [-0.1, -0.05) is 12.8 Å². The maximum absolute atomic E-state index is 12.8. The molecule has 0 radical (unpaired) electrons. The number of aromatic nitrogens is 2. The smallest absolute Gasteiger partial charge is 0.406 e. The van der Waals surface area contributed by atoms with Gasteiger partial charge in [0.2, 0.25) is 0 Å². The Morgan fingerprint density at radius 1 is 0.970 bits per heavy atom. The Labute approximate surface area is 197 Å². The van der Waals surface area contributed by atoms with Crippen LogP contribution in [0.2, 0.25) is 0 Å². The van der Waals surface area contributed by atoms with Gasteiger partial charge in [0.25, 0.3) is 0 Å². The second kappa shape index (κ2) is 8.82. The Morgan fingerprint density at radius 2 is 1.58 bits per heavy atom. The summed E-state index contributed by atoms with van der Waals surface area (Å²) in [5.74, 6) is 3.25. The summed E-state index contributed by atoms with van der Waals surface area (Å²) in [4.78, 5) is 21.8. The molecule has 8 heteroatoms. The van der Waals surface area contributed by atoms with E-state index in [0.29, 0.717) is 54.1 Å². The first-order valence-corrected chi connectivity index (χ1v) is 14.5. The Bertz CT molecular complexity index is 981. The Kier molecular flexibility index (Phi) is 6.17. The van der Waals surface area contributed by atoms with Gasteiger partial charge in [0, 0.05) is 12.5 Å². The van der Waals surface area contributed by atoms with Crippen molar-refractivity contribution >= 4 is 15.9 Å². The predicted molar refractivity (Wildman–Crippen MR) is 126 cm³/mol. The standard InChI is InChI=1S/C25H37N3O4S/c1-16-22(17(2)28-23(27-16)20-7-8-20)32-24(29)26-15-25(13-18-3-4-18)11-9-21(10-12-25)33(30,31)14-19-5-6-19/h18-21H,3-15H2,1-2H3,(H,26,29). The van der Waals surface area contributed by atoms with Crippen LogP contribution in [0.25, 0.3) is 0 Å². The largest absolute Gasteiger partial charge is 0.412 e. The zero-order valence-electron chi connectivity index (χ0n) is 19.9. The van der Waals surface area contributed by atoms with Crippen LogP contribution in [0.1, 0.15) is 93.8 Å². The molecule has 0 saturated heterocycles. The fourth-order valence-electron chi connectivity index (χ4n) is 5.49. The minimum atomic E-state index is -3.00. The number of carbonyl (C=O) groups excluding carboxylic acids is 1. The van der Waals surface area contributed by atoms with E-state index in [4.69, 9.17) is 4.74 Å². The summed E-state index contributed by atoms with van der Waals surface area (Å²) in [5.41, 5.74) is 1.38. The van der Waals surface area contributed by atoms with Crippen molar-refractivity contribution in [1.29, 1.82) is 0 Å². The van der Waals surface area contributed by atoms with E-state index in [-0.39, 0.29) is 10.7 Å². The molecule has 1 N–H and O–H groups in total. The van der Waals surface area contributed by atoms with Gasteiger partial charge in [-0.25, -0.2) is 23.2 Å². The van der Waals surface area contributed by atoms with Gasteiger partial charge in [-0.05, 0) is 88.9 Å². The molecule has 4 aliphatic rings. The van der Waals surface area contributed by atoms with Crippen LogP contribution in [0.5, 0.6) is 5.75 Å². The number of aryl methyl sites for hydroxylation is 2. The first-order valence-electron chi connectivity index (χ1n) is 12.8. The van der Waals surface area contributed by atoms with E-state index >= 15 is 0 Å². The Balaban J connectivity index is 1.19. The van der Waals surface area contributed by atoms with Crippen LogP contribution in [-0.2, 0) is 9.84 Å². The average Bonchev–Trinajstić information content (AvgIpc) is 3.58. The van der Waals surface area contributed by atoms with Crippen LogP contribution in [0, 0.1) is 31.1 Å². The van der Waals surface area contributed by atoms with Crippen molar-refractivity contribution in [2.24, 2.45) is 17.3 Å². The van der Waals surface area contributed by atoms with Crippen LogP contribution in [0.15, 0.2) is 0 Å². The Morgan fingerprint density at radius 3 is 2.12 bits per heavy atom. The zero-order chi connectivity index (χ0) is 23.2. The first kappa shape index (κ1) is 23.1. The summed E-state index contributed by atoms with van der Waals surface area (Å²) in [5, 5.41) is 2.80. The molecule has 1 amide bonds. The lowest BCUT2D eigenvalue weighted by atomic mass is 9.70. The molecule has 1 aromatic heterocycles. The highest BCUT2D eigenvalue weighted by atomic mass is 32.2. The third-order valence-corrected chi connectivity index (χ3v) is 10.5. The molecule has 0 atom stereocenters. The maximum atomic E-state index is 12.8. The zero-order valence-corrected chi connectivity index (χ0v) is 20.8. The fraction of sp³-hybridized carbons (Fsp3) is 0.800. The number of nitrogens with one attached hydrogen (secondary N) is 1. The van der Waals surface area contributed by atoms with Crippen molar-refractivity contribution < 1.29 is 17.9 Å². The summed E-state index contributed by atoms with van der Waals surface area (Å²) in [6.45, 7) is 4.26. The summed E-state index contributed by atoms with van der Waals surface area (Å²) >= 11 is 0. The molecule has 5 rings (SSSR count). The topological polar surface area (TPSA) is 98.2 Å². The number of hydrogen-bond acceptors (Lipinski definition) is 6. The van der Waals surface area contributed by atoms with Gasteiger partial charge < -0.3 is 10.1 Å². The van der Waals surface area contributed by atoms with E-state index in [9.17, 15) is 13.2 Å². The number of rotatable bonds is 9. The number of carbonyl (C=O) groups is 1. The molecule has 4 saturated carbocycles. The Hall–Kier alpha value is -1.70. The molecule has 4 aliphatic carbocycles. The van der Waals surface area contributed by atoms with Crippen molar-refractivity contribution in [3.05, 3.63) is 17.2 Å². The van der Waals surface area contributed by atoms with Gasteiger partial charge in [0.05, 0.1) is 22.4 Å². The average molecular weight is 476 g/mol. The number of hydrogen-bond donors (Lipinski definition) is 1. The molecule has 0 aliphatic heterocycles. The van der Waals surface area contributed by atoms with Crippen molar-refractivity contribution in [3.8, 4) is 5.75 Å². The van der Waals surface area contributed by atoms with Crippen molar-refractivity contribution in [1.82, 2.24) is 15.3 Å². The summed E-state index contributed by atoms with van der Waals surface area (Å²) < 4.78 is 31.2. The second-order valence-electron chi connectivity index (χ2n) is 11.2. The van der Waals surface area contributed by atoms with E-state index < -0.39 is 15.9 Å². The van der Waals surface area contributed by atoms with Gasteiger partial charge in [-0.15, -0.1) is 0 Å². The van der Waals surface area contributed by atoms with Crippen molar-refractivity contribution in [2.45, 2.75) is 95.6 Å². The maximum Gasteiger partial charge on any atom is 0.412 e. The molecule has 0 spiro atoms. The van der Waals surface area contributed by atoms with E-state index in [1.807, 2.05) is 13.8 Å². The highest BCUT2D eigenvalue weighted by Gasteiger charge is 2.44. The number of ether oxygens (including phenoxy) is 1. The minimum Gasteiger partial charge on any atom is -0.406 e. The molecular formula is C25H37N3O4S. The summed E-state index contributed by atoms with van der Waals surface area (Å²) in [6.07, 6.45) is 10.6. The predicted octanol–water partition coefficient (Wildman–Crippen LogP) is 4.61. The highest BCUT2D eigenvalue weighted by Crippen LogP contribution is 2.49. The van der Waals surface area contributed by atoms with Crippen molar-refractivity contribution in [3.63, 3.8) is 0 Å². The van der Waals surface area contributed by atoms with Crippen LogP contribution >= 0.6 is 0 Å². The van der Waals surface area contributed by atoms with E-state index in [1.54, 1.807) is 0 Å². The molecule has 33 heavy (non-hydrogen) atoms. The number of sulfone groups is 1. The molecule has 1 heterocycles. The fourth-order valence-corrected chi connectivity index (χ4v) is 7.71. The van der Waals surface area contributed by atoms with Gasteiger partial charge in [0.1, 0.15) is 5.82 Å². The van der Waals surface area contributed by atoms with Crippen LogP contribution in [0.3, 0.4) is 0 Å². The summed E-state index contributed by atoms with van der Waals surface area (Å²) in [6, 6.07) is 0. The molecule has 0 bridgehead atoms. The lowest BCUT2D eigenvalue weighted by molar-refractivity contribution is 0.148. The third kappa shape index (κ3) is 5.69. The number of nitrogens with zero attached hydrogens (tertiary/aromatic N) is 2. The quantitative estimate of drug-likeness (QED) is 0.560. The van der Waals surface area contributed by atoms with Gasteiger partial charge in [-0.2, -0.15) is 0 Å². The molecule has 4 fully saturated rings. The molecule has 7 nitrogen and oxygen atoms in total. The SMILES string of the molecule is Cc1nc(C2CC2)nc(C)c1OC(=O)NCC1(CC2CC2)CCC(S(=O)(=O)CC2CC2)CC1. The highest BCUT2D eigenvalue weighted by molar-refractivity contribution is 7.92. The van der Waals surface area contributed by atoms with Crippen molar-refractivity contribution in [2.75, 3.05) is 12.3 Å². The monoisotopic (exact) mass is 475 g/mol. The normalized spacial score (nSPS) is 27.9. The lowest BCUT2D eigenvalue weighted by Crippen LogP contribution is -2.43. The van der Waals surface area contributed by atoms with E-state index in [1.165, 1.54) is 12.8 Å². The molecule has 0 unspecified atom stereocenters. The third-order valence-electron chi connectivity index (χ3n) is 8.05. The number of amides is 1. The van der Waals surface area contributed by atoms with E-state index in [2.05, 4.69) is 15.3 Å². The van der Waals surface area contributed by atoms with Gasteiger partial charge in [0.15, 0.2) is 15.6 Å². The molecule has 1 aromatic rings. The van der Waals surface area contributed by atoms with Crippen LogP contribution < -0.4 is 10.1 Å². The first-order chi connectivity index (χ1) is 15.7. The second-order valence-corrected chi connectivity index (χ2v) is 13.5.